The predicted octanol–water partition coefficient (Wildman–Crippen LogP) is 3.46. The van der Waals surface area contributed by atoms with Crippen LogP contribution in [-0.2, 0) is 4.79 Å². The summed E-state index contributed by atoms with van der Waals surface area (Å²) < 4.78 is 25.9. The van der Waals surface area contributed by atoms with Gasteiger partial charge in [0, 0.05) is 6.42 Å². The molecule has 0 spiro atoms. The average molecular weight is 438 g/mol. The minimum atomic E-state index is -0.404. The number of amides is 1. The van der Waals surface area contributed by atoms with Gasteiger partial charge >= 0.3 is 0 Å². The van der Waals surface area contributed by atoms with Crippen molar-refractivity contribution in [3.05, 3.63) is 78.4 Å². The Balaban J connectivity index is 1.35. The molecule has 0 saturated heterocycles. The maximum Gasteiger partial charge on any atom is 0.253 e. The van der Waals surface area contributed by atoms with Crippen LogP contribution < -0.4 is 0 Å². The first-order valence-corrected chi connectivity index (χ1v) is 10.3. The molecule has 0 fully saturated rings. The molecule has 1 aliphatic rings. The molecule has 3 aromatic heterocycles. The summed E-state index contributed by atoms with van der Waals surface area (Å²) in [4.78, 5) is 13.1. The molecule has 31 heavy (non-hydrogen) atoms. The van der Waals surface area contributed by atoms with Gasteiger partial charge in [0.25, 0.3) is 5.91 Å². The summed E-state index contributed by atoms with van der Waals surface area (Å²) in [5, 5.41) is 17.7. The molecule has 156 valence electrons. The zero-order valence-corrected chi connectivity index (χ0v) is 16.8. The van der Waals surface area contributed by atoms with E-state index in [0.717, 1.165) is 11.8 Å². The smallest absolute Gasteiger partial charge is 0.253 e. The lowest BCUT2D eigenvalue weighted by molar-refractivity contribution is -0.130. The van der Waals surface area contributed by atoms with Gasteiger partial charge in [0.2, 0.25) is 5.16 Å². The van der Waals surface area contributed by atoms with Crippen LogP contribution in [0.15, 0.2) is 80.1 Å². The molecule has 0 saturated carbocycles. The van der Waals surface area contributed by atoms with Gasteiger partial charge in [-0.15, -0.1) is 5.10 Å². The summed E-state index contributed by atoms with van der Waals surface area (Å²) >= 11 is 1.14. The molecule has 5 rings (SSSR count). The lowest BCUT2D eigenvalue weighted by atomic mass is 10.1. The van der Waals surface area contributed by atoms with Crippen LogP contribution in [-0.4, -0.2) is 42.6 Å². The predicted molar refractivity (Wildman–Crippen MR) is 108 cm³/mol. The first kappa shape index (κ1) is 19.2. The van der Waals surface area contributed by atoms with E-state index < -0.39 is 5.82 Å². The summed E-state index contributed by atoms with van der Waals surface area (Å²) in [5.74, 6) is 0.615. The van der Waals surface area contributed by atoms with Crippen LogP contribution in [0.2, 0.25) is 0 Å². The first-order valence-electron chi connectivity index (χ1n) is 9.33. The molecule has 0 N–H and O–H groups in total. The SMILES string of the molecule is O=C(CSc1nnnn1-c1cccc(F)c1)N1N=C(c2ccco2)CC1c1ccco1. The summed E-state index contributed by atoms with van der Waals surface area (Å²) in [6.07, 6.45) is 3.59. The van der Waals surface area contributed by atoms with Crippen molar-refractivity contribution in [3.63, 3.8) is 0 Å². The molecule has 1 aliphatic heterocycles. The van der Waals surface area contributed by atoms with Gasteiger partial charge in [-0.05, 0) is 52.9 Å². The number of rotatable bonds is 6. The second-order valence-corrected chi connectivity index (χ2v) is 7.58. The van der Waals surface area contributed by atoms with Crippen molar-refractivity contribution in [3.8, 4) is 5.69 Å². The molecule has 0 bridgehead atoms. The highest BCUT2D eigenvalue weighted by Gasteiger charge is 2.35. The maximum atomic E-state index is 13.6. The van der Waals surface area contributed by atoms with Crippen molar-refractivity contribution in [2.24, 2.45) is 5.10 Å². The Kier molecular flexibility index (Phi) is 5.08. The van der Waals surface area contributed by atoms with Gasteiger partial charge in [-0.1, -0.05) is 17.8 Å². The van der Waals surface area contributed by atoms with Crippen LogP contribution >= 0.6 is 11.8 Å². The van der Waals surface area contributed by atoms with E-state index in [-0.39, 0.29) is 17.7 Å². The third-order valence-electron chi connectivity index (χ3n) is 4.66. The van der Waals surface area contributed by atoms with Crippen molar-refractivity contribution in [2.45, 2.75) is 17.6 Å². The Hall–Kier alpha value is -3.73. The number of aromatic nitrogens is 4. The molecular weight excluding hydrogens is 423 g/mol. The Morgan fingerprint density at radius 2 is 2.03 bits per heavy atom. The highest BCUT2D eigenvalue weighted by molar-refractivity contribution is 7.99. The van der Waals surface area contributed by atoms with Crippen LogP contribution in [0.5, 0.6) is 0 Å². The van der Waals surface area contributed by atoms with Gasteiger partial charge in [0.05, 0.1) is 24.0 Å². The largest absolute Gasteiger partial charge is 0.467 e. The van der Waals surface area contributed by atoms with E-state index >= 15 is 0 Å². The highest BCUT2D eigenvalue weighted by Crippen LogP contribution is 2.34. The molecule has 1 aromatic carbocycles. The number of carbonyl (C=O) groups is 1. The summed E-state index contributed by atoms with van der Waals surface area (Å²) in [6, 6.07) is 12.7. The van der Waals surface area contributed by atoms with Crippen molar-refractivity contribution < 1.29 is 18.0 Å². The molecule has 1 atom stereocenters. The first-order chi connectivity index (χ1) is 15.2. The standard InChI is InChI=1S/C20H15FN6O3S/c21-13-4-1-5-14(10-13)26-20(22-24-25-26)31-12-19(28)27-16(18-7-3-9-30-18)11-15(23-27)17-6-2-8-29-17/h1-10,16H,11-12H2. The van der Waals surface area contributed by atoms with E-state index in [1.54, 1.807) is 42.9 Å². The number of hydrogen-bond acceptors (Lipinski definition) is 8. The van der Waals surface area contributed by atoms with Gasteiger partial charge in [0.15, 0.2) is 0 Å². The number of carbonyl (C=O) groups excluding carboxylic acids is 1. The van der Waals surface area contributed by atoms with Gasteiger partial charge in [-0.2, -0.15) is 9.78 Å². The lowest BCUT2D eigenvalue weighted by Gasteiger charge is -2.19. The van der Waals surface area contributed by atoms with Gasteiger partial charge < -0.3 is 8.83 Å². The topological polar surface area (TPSA) is 103 Å². The Morgan fingerprint density at radius 1 is 1.16 bits per heavy atom. The number of nitrogens with zero attached hydrogens (tertiary/aromatic N) is 6. The van der Waals surface area contributed by atoms with Crippen molar-refractivity contribution in [1.82, 2.24) is 25.2 Å². The number of hydrazone groups is 1. The molecule has 1 amide bonds. The van der Waals surface area contributed by atoms with E-state index in [2.05, 4.69) is 20.6 Å². The van der Waals surface area contributed by atoms with Gasteiger partial charge in [-0.3, -0.25) is 4.79 Å². The third kappa shape index (κ3) is 3.87. The fraction of sp³-hybridized carbons (Fsp3) is 0.150. The zero-order valence-electron chi connectivity index (χ0n) is 16.0. The van der Waals surface area contributed by atoms with E-state index in [4.69, 9.17) is 8.83 Å². The maximum absolute atomic E-state index is 13.6. The Labute approximate surface area is 179 Å². The van der Waals surface area contributed by atoms with E-state index in [1.165, 1.54) is 21.8 Å². The Morgan fingerprint density at radius 3 is 2.81 bits per heavy atom. The number of hydrogen-bond donors (Lipinski definition) is 0. The normalized spacial score (nSPS) is 16.0. The van der Waals surface area contributed by atoms with E-state index in [1.807, 2.05) is 6.07 Å². The highest BCUT2D eigenvalue weighted by atomic mass is 32.2. The number of thioether (sulfide) groups is 1. The van der Waals surface area contributed by atoms with Crippen molar-refractivity contribution >= 4 is 23.4 Å². The van der Waals surface area contributed by atoms with Crippen LogP contribution in [0.25, 0.3) is 5.69 Å². The summed E-state index contributed by atoms with van der Waals surface area (Å²) in [7, 11) is 0. The number of benzene rings is 1. The summed E-state index contributed by atoms with van der Waals surface area (Å²) in [5.41, 5.74) is 1.13. The number of halogens is 1. The van der Waals surface area contributed by atoms with E-state index in [0.29, 0.717) is 34.5 Å². The number of tetrazole rings is 1. The Bertz CT molecular complexity index is 1220. The second kappa shape index (κ2) is 8.19. The van der Waals surface area contributed by atoms with Crippen LogP contribution in [0, 0.1) is 5.82 Å². The van der Waals surface area contributed by atoms with Crippen LogP contribution in [0.1, 0.15) is 24.0 Å². The zero-order chi connectivity index (χ0) is 21.2. The molecule has 11 heteroatoms. The molecule has 9 nitrogen and oxygen atoms in total. The monoisotopic (exact) mass is 438 g/mol. The molecule has 4 aromatic rings. The molecule has 0 radical (unpaired) electrons. The second-order valence-electron chi connectivity index (χ2n) is 6.64. The molecular formula is C20H15FN6O3S. The van der Waals surface area contributed by atoms with E-state index in [9.17, 15) is 9.18 Å². The molecule has 4 heterocycles. The average Bonchev–Trinajstić information content (AvgIpc) is 3.56. The lowest BCUT2D eigenvalue weighted by Crippen LogP contribution is -2.28. The van der Waals surface area contributed by atoms with Crippen molar-refractivity contribution in [1.29, 1.82) is 0 Å². The minimum Gasteiger partial charge on any atom is -0.467 e. The van der Waals surface area contributed by atoms with Crippen LogP contribution in [0.4, 0.5) is 4.39 Å². The fourth-order valence-electron chi connectivity index (χ4n) is 3.27. The minimum absolute atomic E-state index is 0.0296. The third-order valence-corrected chi connectivity index (χ3v) is 5.57. The fourth-order valence-corrected chi connectivity index (χ4v) is 4.01. The molecule has 1 unspecified atom stereocenters. The quantitative estimate of drug-likeness (QED) is 0.425. The van der Waals surface area contributed by atoms with Crippen LogP contribution in [0.3, 0.4) is 0 Å². The summed E-state index contributed by atoms with van der Waals surface area (Å²) in [6.45, 7) is 0. The molecule has 0 aliphatic carbocycles. The van der Waals surface area contributed by atoms with Gasteiger partial charge in [-0.25, -0.2) is 9.40 Å². The number of furan rings is 2. The van der Waals surface area contributed by atoms with Gasteiger partial charge in [0.1, 0.15) is 29.1 Å². The van der Waals surface area contributed by atoms with Crippen molar-refractivity contribution in [2.75, 3.05) is 5.75 Å².